The largest absolute Gasteiger partial charge is 0.480 e. The third kappa shape index (κ3) is 4.68. The zero-order valence-electron chi connectivity index (χ0n) is 11.9. The van der Waals surface area contributed by atoms with Gasteiger partial charge in [-0.1, -0.05) is 0 Å². The number of rotatable bonds is 6. The van der Waals surface area contributed by atoms with Gasteiger partial charge in [-0.25, -0.2) is 9.59 Å². The molecule has 0 aromatic heterocycles. The molecule has 19 heavy (non-hydrogen) atoms. The number of urea groups is 1. The van der Waals surface area contributed by atoms with Crippen LogP contribution in [-0.4, -0.2) is 66.6 Å². The Morgan fingerprint density at radius 1 is 1.42 bits per heavy atom. The number of likely N-dealkylation sites (tertiary alicyclic amines) is 1. The molecule has 0 radical (unpaired) electrons. The van der Waals surface area contributed by atoms with Crippen LogP contribution in [0.15, 0.2) is 0 Å². The van der Waals surface area contributed by atoms with Gasteiger partial charge in [-0.05, 0) is 20.8 Å². The first-order valence-electron chi connectivity index (χ1n) is 6.09. The summed E-state index contributed by atoms with van der Waals surface area (Å²) in [6.45, 7) is 6.37. The van der Waals surface area contributed by atoms with Crippen LogP contribution in [0.4, 0.5) is 4.79 Å². The molecule has 0 aromatic carbocycles. The smallest absolute Gasteiger partial charge is 0.329 e. The van der Waals surface area contributed by atoms with Crippen LogP contribution in [0.3, 0.4) is 0 Å². The molecular weight excluding hydrogens is 252 g/mol. The summed E-state index contributed by atoms with van der Waals surface area (Å²) >= 11 is 0. The Morgan fingerprint density at radius 2 is 2.00 bits per heavy atom. The molecule has 1 heterocycles. The molecule has 1 saturated heterocycles. The van der Waals surface area contributed by atoms with Crippen molar-refractivity contribution in [1.29, 1.82) is 0 Å². The maximum atomic E-state index is 11.9. The van der Waals surface area contributed by atoms with E-state index in [1.54, 1.807) is 18.9 Å². The van der Waals surface area contributed by atoms with Gasteiger partial charge in [0.2, 0.25) is 0 Å². The minimum absolute atomic E-state index is 0.196. The minimum atomic E-state index is -1.01. The second-order valence-electron chi connectivity index (χ2n) is 5.74. The Labute approximate surface area is 112 Å². The maximum absolute atomic E-state index is 11.9. The SMILES string of the molecule is COCC(C)(C)NC(=O)N1CC(C)(OCC(=O)O)C1. The first-order valence-corrected chi connectivity index (χ1v) is 6.09. The van der Waals surface area contributed by atoms with Crippen molar-refractivity contribution in [2.24, 2.45) is 0 Å². The highest BCUT2D eigenvalue weighted by molar-refractivity contribution is 5.76. The Balaban J connectivity index is 2.37. The highest BCUT2D eigenvalue weighted by Crippen LogP contribution is 2.24. The quantitative estimate of drug-likeness (QED) is 0.727. The predicted octanol–water partition coefficient (Wildman–Crippen LogP) is 0.297. The summed E-state index contributed by atoms with van der Waals surface area (Å²) in [6, 6.07) is -0.196. The first kappa shape index (κ1) is 15.7. The highest BCUT2D eigenvalue weighted by atomic mass is 16.5. The molecule has 0 aliphatic carbocycles. The van der Waals surface area contributed by atoms with Gasteiger partial charge in [-0.2, -0.15) is 0 Å². The normalized spacial score (nSPS) is 17.8. The van der Waals surface area contributed by atoms with Crippen molar-refractivity contribution in [3.05, 3.63) is 0 Å². The van der Waals surface area contributed by atoms with Gasteiger partial charge in [-0.3, -0.25) is 0 Å². The van der Waals surface area contributed by atoms with E-state index in [0.29, 0.717) is 19.7 Å². The molecule has 1 aliphatic rings. The summed E-state index contributed by atoms with van der Waals surface area (Å²) in [4.78, 5) is 23.9. The lowest BCUT2D eigenvalue weighted by Gasteiger charge is -2.47. The third-order valence-corrected chi connectivity index (χ3v) is 2.83. The van der Waals surface area contributed by atoms with Gasteiger partial charge in [0.1, 0.15) is 12.2 Å². The maximum Gasteiger partial charge on any atom is 0.329 e. The zero-order valence-corrected chi connectivity index (χ0v) is 11.9. The van der Waals surface area contributed by atoms with E-state index in [2.05, 4.69) is 5.32 Å². The van der Waals surface area contributed by atoms with Gasteiger partial charge in [0, 0.05) is 7.11 Å². The van der Waals surface area contributed by atoms with Crippen molar-refractivity contribution in [3.63, 3.8) is 0 Å². The van der Waals surface area contributed by atoms with Gasteiger partial charge >= 0.3 is 12.0 Å². The van der Waals surface area contributed by atoms with E-state index >= 15 is 0 Å². The number of methoxy groups -OCH3 is 1. The molecule has 0 unspecified atom stereocenters. The second-order valence-corrected chi connectivity index (χ2v) is 5.74. The Morgan fingerprint density at radius 3 is 2.47 bits per heavy atom. The van der Waals surface area contributed by atoms with Gasteiger partial charge < -0.3 is 24.8 Å². The average molecular weight is 274 g/mol. The van der Waals surface area contributed by atoms with Crippen molar-refractivity contribution >= 4 is 12.0 Å². The number of carbonyl (C=O) groups is 2. The minimum Gasteiger partial charge on any atom is -0.480 e. The molecule has 0 aromatic rings. The number of nitrogens with zero attached hydrogens (tertiary/aromatic N) is 1. The van der Waals surface area contributed by atoms with Crippen LogP contribution in [0.1, 0.15) is 20.8 Å². The summed E-state index contributed by atoms with van der Waals surface area (Å²) < 4.78 is 10.3. The molecule has 1 rings (SSSR count). The van der Waals surface area contributed by atoms with Crippen LogP contribution in [-0.2, 0) is 14.3 Å². The second kappa shape index (κ2) is 5.75. The van der Waals surface area contributed by atoms with Crippen molar-refractivity contribution in [1.82, 2.24) is 10.2 Å². The fourth-order valence-electron chi connectivity index (χ4n) is 2.00. The van der Waals surface area contributed by atoms with Crippen molar-refractivity contribution in [3.8, 4) is 0 Å². The number of carbonyl (C=O) groups excluding carboxylic acids is 1. The topological polar surface area (TPSA) is 88.1 Å². The summed E-state index contributed by atoms with van der Waals surface area (Å²) in [5.74, 6) is -1.01. The summed E-state index contributed by atoms with van der Waals surface area (Å²) in [6.07, 6.45) is 0. The molecule has 7 nitrogen and oxygen atoms in total. The molecule has 7 heteroatoms. The van der Waals surface area contributed by atoms with Crippen molar-refractivity contribution in [2.75, 3.05) is 33.4 Å². The van der Waals surface area contributed by atoms with E-state index in [1.165, 1.54) is 0 Å². The van der Waals surface area contributed by atoms with E-state index in [9.17, 15) is 9.59 Å². The summed E-state index contributed by atoms with van der Waals surface area (Å²) in [5, 5.41) is 11.4. The number of carboxylic acid groups (broad SMARTS) is 1. The van der Waals surface area contributed by atoms with Crippen LogP contribution in [0.25, 0.3) is 0 Å². The third-order valence-electron chi connectivity index (χ3n) is 2.83. The Kier molecular flexibility index (Phi) is 4.75. The number of nitrogens with one attached hydrogen (secondary N) is 1. The van der Waals surface area contributed by atoms with Crippen LogP contribution in [0, 0.1) is 0 Å². The van der Waals surface area contributed by atoms with Crippen LogP contribution >= 0.6 is 0 Å². The first-order chi connectivity index (χ1) is 8.67. The zero-order chi connectivity index (χ0) is 14.7. The number of hydrogen-bond donors (Lipinski definition) is 2. The molecule has 2 amide bonds. The van der Waals surface area contributed by atoms with Crippen LogP contribution in [0.5, 0.6) is 0 Å². The van der Waals surface area contributed by atoms with E-state index in [0.717, 1.165) is 0 Å². The molecule has 2 N–H and O–H groups in total. The molecule has 0 bridgehead atoms. The van der Waals surface area contributed by atoms with Gasteiger partial charge in [0.25, 0.3) is 0 Å². The molecule has 0 saturated carbocycles. The van der Waals surface area contributed by atoms with Gasteiger partial charge in [-0.15, -0.1) is 0 Å². The monoisotopic (exact) mass is 274 g/mol. The van der Waals surface area contributed by atoms with Crippen molar-refractivity contribution in [2.45, 2.75) is 31.9 Å². The van der Waals surface area contributed by atoms with E-state index in [-0.39, 0.29) is 12.6 Å². The Bertz CT molecular complexity index is 350. The van der Waals surface area contributed by atoms with Gasteiger partial charge in [0.15, 0.2) is 0 Å². The standard InChI is InChI=1S/C12H22N2O5/c1-11(2,8-18-4)13-10(17)14-6-12(3,7-14)19-5-9(15)16/h5-8H2,1-4H3,(H,13,17)(H,15,16). The van der Waals surface area contributed by atoms with E-state index in [4.69, 9.17) is 14.6 Å². The lowest BCUT2D eigenvalue weighted by atomic mass is 9.96. The molecule has 1 fully saturated rings. The number of carboxylic acids is 1. The Hall–Kier alpha value is -1.34. The molecule has 0 atom stereocenters. The summed E-state index contributed by atoms with van der Waals surface area (Å²) in [5.41, 5.74) is -1.01. The van der Waals surface area contributed by atoms with E-state index in [1.807, 2.05) is 13.8 Å². The lowest BCUT2D eigenvalue weighted by Crippen LogP contribution is -2.67. The number of aliphatic carboxylic acids is 1. The van der Waals surface area contributed by atoms with Crippen LogP contribution in [0.2, 0.25) is 0 Å². The number of hydrogen-bond acceptors (Lipinski definition) is 4. The lowest BCUT2D eigenvalue weighted by molar-refractivity contribution is -0.159. The fourth-order valence-corrected chi connectivity index (χ4v) is 2.00. The number of ether oxygens (including phenoxy) is 2. The van der Waals surface area contributed by atoms with Gasteiger partial charge in [0.05, 0.1) is 25.2 Å². The molecule has 110 valence electrons. The number of amides is 2. The van der Waals surface area contributed by atoms with Crippen molar-refractivity contribution < 1.29 is 24.2 Å². The fraction of sp³-hybridized carbons (Fsp3) is 0.833. The molecular formula is C12H22N2O5. The summed E-state index contributed by atoms with van der Waals surface area (Å²) in [7, 11) is 1.58. The predicted molar refractivity (Wildman–Crippen MR) is 68.1 cm³/mol. The van der Waals surface area contributed by atoms with Crippen LogP contribution < -0.4 is 5.32 Å². The molecule has 0 spiro atoms. The molecule has 1 aliphatic heterocycles. The average Bonchev–Trinajstić information content (AvgIpc) is 2.21. The van der Waals surface area contributed by atoms with E-state index < -0.39 is 17.1 Å². The highest BCUT2D eigenvalue weighted by Gasteiger charge is 2.43.